The number of amides is 2. The lowest BCUT2D eigenvalue weighted by molar-refractivity contribution is -0.118. The second kappa shape index (κ2) is 6.87. The third-order valence-electron chi connectivity index (χ3n) is 2.02. The second-order valence-corrected chi connectivity index (χ2v) is 4.12. The highest BCUT2D eigenvalue weighted by atomic mass is 32.2. The molecule has 0 atom stereocenters. The summed E-state index contributed by atoms with van der Waals surface area (Å²) < 4.78 is 0. The van der Waals surface area contributed by atoms with Crippen LogP contribution in [0, 0.1) is 0 Å². The summed E-state index contributed by atoms with van der Waals surface area (Å²) in [7, 11) is 1.58. The third kappa shape index (κ3) is 4.04. The van der Waals surface area contributed by atoms with Crippen molar-refractivity contribution in [1.82, 2.24) is 15.7 Å². The van der Waals surface area contributed by atoms with Crippen LogP contribution in [0.4, 0.5) is 0 Å². The standard InChI is InChI=1S/C10H14N4O2S/c1-12-9(15)6-17-5-8-7(10(16)14-11)3-2-4-13-8/h2-4H,5-6,11H2,1H3,(H,12,15)(H,14,16). The maximum atomic E-state index is 11.4. The highest BCUT2D eigenvalue weighted by Crippen LogP contribution is 2.13. The van der Waals surface area contributed by atoms with E-state index in [0.29, 0.717) is 22.8 Å². The highest BCUT2D eigenvalue weighted by molar-refractivity contribution is 7.99. The largest absolute Gasteiger partial charge is 0.358 e. The van der Waals surface area contributed by atoms with Gasteiger partial charge in [0.05, 0.1) is 17.0 Å². The van der Waals surface area contributed by atoms with Crippen molar-refractivity contribution in [3.8, 4) is 0 Å². The SMILES string of the molecule is CNC(=O)CSCc1ncccc1C(=O)NN. The molecule has 1 heterocycles. The number of hydrazine groups is 1. The molecule has 0 aromatic carbocycles. The minimum Gasteiger partial charge on any atom is -0.358 e. The van der Waals surface area contributed by atoms with E-state index >= 15 is 0 Å². The molecule has 17 heavy (non-hydrogen) atoms. The average Bonchev–Trinajstić information content (AvgIpc) is 2.38. The second-order valence-electron chi connectivity index (χ2n) is 3.14. The van der Waals surface area contributed by atoms with Gasteiger partial charge in [-0.05, 0) is 12.1 Å². The molecule has 0 fully saturated rings. The number of nitrogens with zero attached hydrogens (tertiary/aromatic N) is 1. The van der Waals surface area contributed by atoms with E-state index in [1.807, 2.05) is 0 Å². The minimum absolute atomic E-state index is 0.0595. The van der Waals surface area contributed by atoms with Crippen LogP contribution in [0.2, 0.25) is 0 Å². The molecule has 0 bridgehead atoms. The van der Waals surface area contributed by atoms with Crippen LogP contribution in [-0.2, 0) is 10.5 Å². The predicted octanol–water partition coefficient (Wildman–Crippen LogP) is -0.336. The number of carbonyl (C=O) groups excluding carboxylic acids is 2. The number of pyridine rings is 1. The molecule has 4 N–H and O–H groups in total. The molecule has 0 radical (unpaired) electrons. The van der Waals surface area contributed by atoms with Gasteiger partial charge in [0.2, 0.25) is 5.91 Å². The van der Waals surface area contributed by atoms with Gasteiger partial charge in [-0.3, -0.25) is 20.0 Å². The molecule has 6 nitrogen and oxygen atoms in total. The smallest absolute Gasteiger partial charge is 0.267 e. The van der Waals surface area contributed by atoms with Gasteiger partial charge in [-0.2, -0.15) is 0 Å². The lowest BCUT2D eigenvalue weighted by atomic mass is 10.2. The van der Waals surface area contributed by atoms with Gasteiger partial charge in [0.25, 0.3) is 5.91 Å². The Bertz CT molecular complexity index is 411. The molecule has 0 saturated carbocycles. The number of hydrogen-bond donors (Lipinski definition) is 3. The quantitative estimate of drug-likeness (QED) is 0.379. The zero-order valence-electron chi connectivity index (χ0n) is 9.40. The molecule has 2 amide bonds. The lowest BCUT2D eigenvalue weighted by Crippen LogP contribution is -2.31. The molecule has 0 aliphatic carbocycles. The molecule has 92 valence electrons. The molecule has 0 aliphatic rings. The van der Waals surface area contributed by atoms with Crippen LogP contribution in [0.1, 0.15) is 16.1 Å². The van der Waals surface area contributed by atoms with Crippen molar-refractivity contribution in [2.75, 3.05) is 12.8 Å². The minimum atomic E-state index is -0.381. The van der Waals surface area contributed by atoms with Crippen LogP contribution < -0.4 is 16.6 Å². The van der Waals surface area contributed by atoms with E-state index in [4.69, 9.17) is 5.84 Å². The third-order valence-corrected chi connectivity index (χ3v) is 2.96. The summed E-state index contributed by atoms with van der Waals surface area (Å²) in [5, 5.41) is 2.52. The Balaban J connectivity index is 2.64. The fourth-order valence-corrected chi connectivity index (χ4v) is 2.01. The van der Waals surface area contributed by atoms with Crippen LogP contribution in [0.25, 0.3) is 0 Å². The lowest BCUT2D eigenvalue weighted by Gasteiger charge is -2.06. The fourth-order valence-electron chi connectivity index (χ4n) is 1.15. The van der Waals surface area contributed by atoms with Gasteiger partial charge in [-0.25, -0.2) is 5.84 Å². The van der Waals surface area contributed by atoms with Gasteiger partial charge in [-0.15, -0.1) is 11.8 Å². The Kier molecular flexibility index (Phi) is 5.44. The van der Waals surface area contributed by atoms with Crippen LogP contribution in [-0.4, -0.2) is 29.6 Å². The van der Waals surface area contributed by atoms with E-state index in [0.717, 1.165) is 0 Å². The number of carbonyl (C=O) groups is 2. The summed E-state index contributed by atoms with van der Waals surface area (Å²) in [6, 6.07) is 3.31. The number of nitrogens with one attached hydrogen (secondary N) is 2. The number of rotatable bonds is 5. The zero-order valence-corrected chi connectivity index (χ0v) is 10.2. The van der Waals surface area contributed by atoms with Crippen molar-refractivity contribution in [2.24, 2.45) is 5.84 Å². The van der Waals surface area contributed by atoms with Crippen molar-refractivity contribution in [2.45, 2.75) is 5.75 Å². The summed E-state index contributed by atoms with van der Waals surface area (Å²) in [5.41, 5.74) is 3.11. The molecule has 1 aromatic heterocycles. The molecule has 0 aliphatic heterocycles. The van der Waals surface area contributed by atoms with Gasteiger partial charge < -0.3 is 5.32 Å². The molecule has 0 unspecified atom stereocenters. The number of aromatic nitrogens is 1. The van der Waals surface area contributed by atoms with E-state index in [2.05, 4.69) is 15.7 Å². The number of nitrogens with two attached hydrogens (primary N) is 1. The predicted molar refractivity (Wildman–Crippen MR) is 66.1 cm³/mol. The Morgan fingerprint density at radius 1 is 1.53 bits per heavy atom. The molecule has 1 rings (SSSR count). The van der Waals surface area contributed by atoms with Gasteiger partial charge in [0.15, 0.2) is 0 Å². The maximum Gasteiger partial charge on any atom is 0.267 e. The highest BCUT2D eigenvalue weighted by Gasteiger charge is 2.11. The molecular formula is C10H14N4O2S. The van der Waals surface area contributed by atoms with E-state index in [-0.39, 0.29) is 11.8 Å². The van der Waals surface area contributed by atoms with E-state index in [1.54, 1.807) is 25.4 Å². The number of nitrogen functional groups attached to an aromatic ring is 1. The van der Waals surface area contributed by atoms with Gasteiger partial charge in [0.1, 0.15) is 0 Å². The van der Waals surface area contributed by atoms with Crippen LogP contribution >= 0.6 is 11.8 Å². The first-order chi connectivity index (χ1) is 8.19. The molecule has 7 heteroatoms. The van der Waals surface area contributed by atoms with Gasteiger partial charge in [-0.1, -0.05) is 0 Å². The first-order valence-corrected chi connectivity index (χ1v) is 6.07. The fraction of sp³-hybridized carbons (Fsp3) is 0.300. The molecule has 0 saturated heterocycles. The van der Waals surface area contributed by atoms with Crippen LogP contribution in [0.3, 0.4) is 0 Å². The summed E-state index contributed by atoms with van der Waals surface area (Å²) in [4.78, 5) is 26.5. The van der Waals surface area contributed by atoms with Crippen LogP contribution in [0.5, 0.6) is 0 Å². The normalized spacial score (nSPS) is 9.76. The topological polar surface area (TPSA) is 97.1 Å². The van der Waals surface area contributed by atoms with Crippen LogP contribution in [0.15, 0.2) is 18.3 Å². The van der Waals surface area contributed by atoms with E-state index < -0.39 is 0 Å². The van der Waals surface area contributed by atoms with Crippen molar-refractivity contribution >= 4 is 23.6 Å². The number of hydrogen-bond acceptors (Lipinski definition) is 5. The Morgan fingerprint density at radius 2 is 2.29 bits per heavy atom. The van der Waals surface area contributed by atoms with Crippen molar-refractivity contribution in [3.63, 3.8) is 0 Å². The Morgan fingerprint density at radius 3 is 2.94 bits per heavy atom. The maximum absolute atomic E-state index is 11.4. The Hall–Kier alpha value is -1.60. The summed E-state index contributed by atoms with van der Waals surface area (Å²) in [6.07, 6.45) is 1.60. The molecule has 0 spiro atoms. The molecular weight excluding hydrogens is 240 g/mol. The van der Waals surface area contributed by atoms with Crippen molar-refractivity contribution in [1.29, 1.82) is 0 Å². The number of thioether (sulfide) groups is 1. The average molecular weight is 254 g/mol. The first-order valence-electron chi connectivity index (χ1n) is 4.92. The van der Waals surface area contributed by atoms with E-state index in [1.165, 1.54) is 11.8 Å². The van der Waals surface area contributed by atoms with Crippen molar-refractivity contribution in [3.05, 3.63) is 29.6 Å². The summed E-state index contributed by atoms with van der Waals surface area (Å²) in [5.74, 6) is 5.45. The van der Waals surface area contributed by atoms with Gasteiger partial charge >= 0.3 is 0 Å². The van der Waals surface area contributed by atoms with E-state index in [9.17, 15) is 9.59 Å². The Labute approximate surface area is 103 Å². The zero-order chi connectivity index (χ0) is 12.7. The summed E-state index contributed by atoms with van der Waals surface area (Å²) >= 11 is 1.39. The first kappa shape index (κ1) is 13.5. The molecule has 1 aromatic rings. The van der Waals surface area contributed by atoms with Crippen molar-refractivity contribution < 1.29 is 9.59 Å². The van der Waals surface area contributed by atoms with Gasteiger partial charge in [0, 0.05) is 19.0 Å². The monoisotopic (exact) mass is 254 g/mol. The summed E-state index contributed by atoms with van der Waals surface area (Å²) in [6.45, 7) is 0.